The number of hydrogen-bond acceptors (Lipinski definition) is 4. The molecule has 2 N–H and O–H groups in total. The highest BCUT2D eigenvalue weighted by molar-refractivity contribution is 7.99. The topological polar surface area (TPSA) is 48.9 Å². The number of methoxy groups -OCH3 is 1. The molecule has 0 aromatic heterocycles. The quantitative estimate of drug-likeness (QED) is 0.547. The van der Waals surface area contributed by atoms with Crippen molar-refractivity contribution in [2.24, 2.45) is 4.99 Å². The molecule has 0 bridgehead atoms. The van der Waals surface area contributed by atoms with Gasteiger partial charge in [-0.3, -0.25) is 9.89 Å². The summed E-state index contributed by atoms with van der Waals surface area (Å²) in [6.07, 6.45) is 5.30. The molecule has 1 saturated carbocycles. The minimum Gasteiger partial charge on any atom is -0.383 e. The number of hydrogen-bond donors (Lipinski definition) is 2. The maximum atomic E-state index is 5.22. The molecule has 23 heavy (non-hydrogen) atoms. The summed E-state index contributed by atoms with van der Waals surface area (Å²) in [7, 11) is 1.74. The van der Waals surface area contributed by atoms with Gasteiger partial charge >= 0.3 is 0 Å². The van der Waals surface area contributed by atoms with E-state index in [1.54, 1.807) is 7.11 Å². The van der Waals surface area contributed by atoms with Gasteiger partial charge < -0.3 is 15.4 Å². The number of ether oxygens (including phenoxy) is 1. The van der Waals surface area contributed by atoms with Crippen LogP contribution in [-0.2, 0) is 4.74 Å². The Bertz CT molecular complexity index is 366. The summed E-state index contributed by atoms with van der Waals surface area (Å²) in [6, 6.07) is 0.267. The SMILES string of the molecule is CCNC(=NCC1(N2CCSCC2)CCCC1)NC(C)COC. The van der Waals surface area contributed by atoms with Gasteiger partial charge in [-0.2, -0.15) is 11.8 Å². The van der Waals surface area contributed by atoms with Crippen LogP contribution in [0.15, 0.2) is 4.99 Å². The van der Waals surface area contributed by atoms with Crippen molar-refractivity contribution in [2.45, 2.75) is 51.1 Å². The highest BCUT2D eigenvalue weighted by Gasteiger charge is 2.39. The molecule has 1 aliphatic heterocycles. The number of nitrogens with one attached hydrogen (secondary N) is 2. The average molecular weight is 343 g/mol. The summed E-state index contributed by atoms with van der Waals surface area (Å²) in [5.74, 6) is 3.47. The number of aliphatic imine (C=N–C) groups is 1. The lowest BCUT2D eigenvalue weighted by Crippen LogP contribution is -2.53. The summed E-state index contributed by atoms with van der Waals surface area (Å²) in [4.78, 5) is 7.68. The fraction of sp³-hybridized carbons (Fsp3) is 0.941. The van der Waals surface area contributed by atoms with E-state index in [0.717, 1.165) is 19.0 Å². The van der Waals surface area contributed by atoms with E-state index in [2.05, 4.69) is 41.1 Å². The zero-order valence-corrected chi connectivity index (χ0v) is 15.9. The lowest BCUT2D eigenvalue weighted by atomic mass is 9.95. The van der Waals surface area contributed by atoms with Crippen molar-refractivity contribution in [3.05, 3.63) is 0 Å². The van der Waals surface area contributed by atoms with Crippen molar-refractivity contribution < 1.29 is 4.74 Å². The number of rotatable bonds is 7. The van der Waals surface area contributed by atoms with Crippen LogP contribution in [0, 0.1) is 0 Å². The van der Waals surface area contributed by atoms with Gasteiger partial charge in [-0.05, 0) is 26.7 Å². The molecule has 2 aliphatic rings. The predicted molar refractivity (Wildman–Crippen MR) is 101 cm³/mol. The smallest absolute Gasteiger partial charge is 0.191 e. The zero-order valence-electron chi connectivity index (χ0n) is 15.1. The molecule has 1 unspecified atom stereocenters. The molecule has 1 saturated heterocycles. The Hall–Kier alpha value is -0.460. The van der Waals surface area contributed by atoms with E-state index in [1.165, 1.54) is 50.3 Å². The Morgan fingerprint density at radius 1 is 1.30 bits per heavy atom. The van der Waals surface area contributed by atoms with E-state index >= 15 is 0 Å². The Morgan fingerprint density at radius 3 is 2.61 bits per heavy atom. The van der Waals surface area contributed by atoms with Crippen LogP contribution in [0.2, 0.25) is 0 Å². The van der Waals surface area contributed by atoms with Crippen molar-refractivity contribution >= 4 is 17.7 Å². The molecule has 134 valence electrons. The zero-order chi connectivity index (χ0) is 16.5. The summed E-state index contributed by atoms with van der Waals surface area (Å²) >= 11 is 2.09. The first kappa shape index (κ1) is 18.9. The van der Waals surface area contributed by atoms with Crippen molar-refractivity contribution in [1.82, 2.24) is 15.5 Å². The van der Waals surface area contributed by atoms with Crippen LogP contribution in [0.25, 0.3) is 0 Å². The Labute approximate surface area is 146 Å². The molecule has 0 spiro atoms. The van der Waals surface area contributed by atoms with E-state index in [9.17, 15) is 0 Å². The van der Waals surface area contributed by atoms with Gasteiger partial charge in [-0.1, -0.05) is 12.8 Å². The fourth-order valence-corrected chi connectivity index (χ4v) is 4.62. The van der Waals surface area contributed by atoms with E-state index in [-0.39, 0.29) is 6.04 Å². The Balaban J connectivity index is 2.01. The van der Waals surface area contributed by atoms with Crippen molar-refractivity contribution in [1.29, 1.82) is 0 Å². The Kier molecular flexibility index (Phi) is 7.99. The lowest BCUT2D eigenvalue weighted by molar-refractivity contribution is 0.112. The largest absolute Gasteiger partial charge is 0.383 e. The second kappa shape index (κ2) is 9.74. The standard InChI is InChI=1S/C17H34N4OS/c1-4-18-16(20-15(2)13-22-3)19-14-17(7-5-6-8-17)21-9-11-23-12-10-21/h15H,4-14H2,1-3H3,(H2,18,19,20). The van der Waals surface area contributed by atoms with E-state index in [1.807, 2.05) is 0 Å². The van der Waals surface area contributed by atoms with Crippen LogP contribution in [0.5, 0.6) is 0 Å². The van der Waals surface area contributed by atoms with E-state index < -0.39 is 0 Å². The molecule has 2 fully saturated rings. The van der Waals surface area contributed by atoms with Gasteiger partial charge in [0.15, 0.2) is 5.96 Å². The summed E-state index contributed by atoms with van der Waals surface area (Å²) in [6.45, 7) is 9.19. The van der Waals surface area contributed by atoms with Gasteiger partial charge in [0.05, 0.1) is 13.2 Å². The monoisotopic (exact) mass is 342 g/mol. The van der Waals surface area contributed by atoms with Gasteiger partial charge in [0.2, 0.25) is 0 Å². The van der Waals surface area contributed by atoms with Crippen molar-refractivity contribution in [3.63, 3.8) is 0 Å². The molecule has 0 radical (unpaired) electrons. The van der Waals surface area contributed by atoms with Gasteiger partial charge in [0.25, 0.3) is 0 Å². The summed E-state index contributed by atoms with van der Waals surface area (Å²) in [5, 5.41) is 6.83. The molecule has 1 aliphatic carbocycles. The normalized spacial score (nSPS) is 23.7. The van der Waals surface area contributed by atoms with Crippen LogP contribution in [0.1, 0.15) is 39.5 Å². The van der Waals surface area contributed by atoms with Gasteiger partial charge in [-0.15, -0.1) is 0 Å². The van der Waals surface area contributed by atoms with Gasteiger partial charge in [0.1, 0.15) is 0 Å². The number of thioether (sulfide) groups is 1. The fourth-order valence-electron chi connectivity index (χ4n) is 3.72. The highest BCUT2D eigenvalue weighted by atomic mass is 32.2. The molecule has 1 heterocycles. The average Bonchev–Trinajstić information content (AvgIpc) is 3.04. The minimum atomic E-state index is 0.267. The van der Waals surface area contributed by atoms with E-state index in [4.69, 9.17) is 9.73 Å². The second-order valence-electron chi connectivity index (χ2n) is 6.73. The molecular formula is C17H34N4OS. The molecule has 0 aromatic rings. The molecule has 2 rings (SSSR count). The molecule has 1 atom stereocenters. The maximum Gasteiger partial charge on any atom is 0.191 e. The number of nitrogens with zero attached hydrogens (tertiary/aromatic N) is 2. The molecule has 6 heteroatoms. The van der Waals surface area contributed by atoms with Crippen LogP contribution in [0.3, 0.4) is 0 Å². The van der Waals surface area contributed by atoms with Crippen LogP contribution in [-0.4, -0.2) is 73.8 Å². The minimum absolute atomic E-state index is 0.267. The van der Waals surface area contributed by atoms with Crippen molar-refractivity contribution in [3.8, 4) is 0 Å². The summed E-state index contributed by atoms with van der Waals surface area (Å²) in [5.41, 5.74) is 0.299. The van der Waals surface area contributed by atoms with E-state index in [0.29, 0.717) is 12.1 Å². The third-order valence-corrected chi connectivity index (χ3v) is 5.83. The van der Waals surface area contributed by atoms with Crippen molar-refractivity contribution in [2.75, 3.05) is 51.4 Å². The molecule has 5 nitrogen and oxygen atoms in total. The Morgan fingerprint density at radius 2 is 2.00 bits per heavy atom. The first-order valence-corrected chi connectivity index (χ1v) is 10.2. The van der Waals surface area contributed by atoms with Crippen LogP contribution in [0.4, 0.5) is 0 Å². The maximum absolute atomic E-state index is 5.22. The van der Waals surface area contributed by atoms with Gasteiger partial charge in [0, 0.05) is 49.8 Å². The molecule has 0 amide bonds. The van der Waals surface area contributed by atoms with Crippen LogP contribution < -0.4 is 10.6 Å². The summed E-state index contributed by atoms with van der Waals surface area (Å²) < 4.78 is 5.22. The number of guanidine groups is 1. The molecule has 0 aromatic carbocycles. The third-order valence-electron chi connectivity index (χ3n) is 4.89. The first-order chi connectivity index (χ1) is 11.2. The highest BCUT2D eigenvalue weighted by Crippen LogP contribution is 2.37. The van der Waals surface area contributed by atoms with Gasteiger partial charge in [-0.25, -0.2) is 0 Å². The third kappa shape index (κ3) is 5.54. The molecular weight excluding hydrogens is 308 g/mol. The first-order valence-electron chi connectivity index (χ1n) is 9.07. The predicted octanol–water partition coefficient (Wildman–Crippen LogP) is 1.94. The second-order valence-corrected chi connectivity index (χ2v) is 7.95. The van der Waals surface area contributed by atoms with Crippen LogP contribution >= 0.6 is 11.8 Å². The lowest BCUT2D eigenvalue weighted by Gasteiger charge is -2.42.